The first-order valence-corrected chi connectivity index (χ1v) is 9.56. The van der Waals surface area contributed by atoms with E-state index in [-0.39, 0.29) is 5.91 Å². The van der Waals surface area contributed by atoms with E-state index in [1.807, 2.05) is 29.9 Å². The zero-order valence-corrected chi connectivity index (χ0v) is 14.8. The third-order valence-corrected chi connectivity index (χ3v) is 6.38. The smallest absolute Gasteiger partial charge is 0.254 e. The van der Waals surface area contributed by atoms with E-state index in [0.29, 0.717) is 18.1 Å². The number of hydrogen-bond donors (Lipinski definition) is 0. The normalized spacial score (nSPS) is 25.6. The Labute approximate surface area is 149 Å². The molecule has 2 fully saturated rings. The van der Waals surface area contributed by atoms with Crippen LogP contribution in [0.4, 0.5) is 0 Å². The molecule has 2 aliphatic rings. The molecule has 5 rings (SSSR count). The maximum absolute atomic E-state index is 13.2. The fourth-order valence-electron chi connectivity index (χ4n) is 4.41. The van der Waals surface area contributed by atoms with Gasteiger partial charge in [0.1, 0.15) is 0 Å². The monoisotopic (exact) mass is 353 g/mol. The Morgan fingerprint density at radius 3 is 2.56 bits per heavy atom. The predicted octanol–water partition coefficient (Wildman–Crippen LogP) is 3.20. The van der Waals surface area contributed by atoms with Gasteiger partial charge in [-0.2, -0.15) is 15.0 Å². The van der Waals surface area contributed by atoms with E-state index in [1.54, 1.807) is 23.7 Å². The molecule has 0 N–H and O–H groups in total. The van der Waals surface area contributed by atoms with Crippen LogP contribution in [0.2, 0.25) is 0 Å². The third-order valence-electron chi connectivity index (χ3n) is 5.45. The number of carbonyl (C=O) groups excluding carboxylic acids is 1. The highest BCUT2D eigenvalue weighted by molar-refractivity contribution is 7.18. The van der Waals surface area contributed by atoms with E-state index in [0.717, 1.165) is 46.5 Å². The van der Waals surface area contributed by atoms with Crippen LogP contribution in [-0.4, -0.2) is 42.9 Å². The zero-order valence-electron chi connectivity index (χ0n) is 14.0. The molecule has 2 unspecified atom stereocenters. The van der Waals surface area contributed by atoms with Crippen LogP contribution in [0.5, 0.6) is 0 Å². The van der Waals surface area contributed by atoms with Crippen LogP contribution in [0.1, 0.15) is 47.1 Å². The summed E-state index contributed by atoms with van der Waals surface area (Å²) >= 11 is 1.64. The number of hydrogen-bond acceptors (Lipinski definition) is 5. The van der Waals surface area contributed by atoms with Crippen LogP contribution in [0.15, 0.2) is 30.6 Å². The van der Waals surface area contributed by atoms with Gasteiger partial charge in [0, 0.05) is 17.6 Å². The molecular formula is C18H19N5OS. The Morgan fingerprint density at radius 1 is 1.12 bits per heavy atom. The van der Waals surface area contributed by atoms with E-state index in [2.05, 4.69) is 20.1 Å². The number of carbonyl (C=O) groups is 1. The van der Waals surface area contributed by atoms with Crippen molar-refractivity contribution in [2.24, 2.45) is 0 Å². The molecule has 2 saturated heterocycles. The molecule has 2 aromatic heterocycles. The first-order chi connectivity index (χ1) is 12.2. The molecular weight excluding hydrogens is 334 g/mol. The number of rotatable bonds is 2. The maximum atomic E-state index is 13.2. The van der Waals surface area contributed by atoms with E-state index >= 15 is 0 Å². The van der Waals surface area contributed by atoms with Crippen LogP contribution in [0, 0.1) is 6.92 Å². The van der Waals surface area contributed by atoms with Gasteiger partial charge in [-0.15, -0.1) is 11.3 Å². The number of piperidine rings is 1. The van der Waals surface area contributed by atoms with Gasteiger partial charge < -0.3 is 4.90 Å². The second-order valence-corrected chi connectivity index (χ2v) is 8.22. The number of benzene rings is 1. The molecule has 0 aliphatic carbocycles. The van der Waals surface area contributed by atoms with Crippen LogP contribution < -0.4 is 0 Å². The third kappa shape index (κ3) is 2.45. The Hall–Kier alpha value is -2.28. The van der Waals surface area contributed by atoms with Crippen molar-refractivity contribution in [2.45, 2.75) is 50.7 Å². The molecule has 2 aliphatic heterocycles. The largest absolute Gasteiger partial charge is 0.333 e. The summed E-state index contributed by atoms with van der Waals surface area (Å²) < 4.78 is 1.09. The summed E-state index contributed by atoms with van der Waals surface area (Å²) in [4.78, 5) is 21.6. The second-order valence-electron chi connectivity index (χ2n) is 6.99. The molecule has 7 heteroatoms. The lowest BCUT2D eigenvalue weighted by Gasteiger charge is -2.38. The standard InChI is InChI=1S/C18H19N5OS/c1-11-21-16-5-2-12(8-17(16)25-11)18(24)22-13-3-4-14(22)10-15(9-13)23-19-6-7-20-23/h2,5-8,13-15H,3-4,9-10H2,1H3. The number of aromatic nitrogens is 4. The van der Waals surface area contributed by atoms with Crippen molar-refractivity contribution in [1.82, 2.24) is 24.9 Å². The van der Waals surface area contributed by atoms with Crippen LogP contribution in [-0.2, 0) is 0 Å². The van der Waals surface area contributed by atoms with Gasteiger partial charge in [-0.3, -0.25) is 4.79 Å². The fourth-order valence-corrected chi connectivity index (χ4v) is 5.27. The van der Waals surface area contributed by atoms with Gasteiger partial charge in [0.15, 0.2) is 0 Å². The molecule has 3 aromatic rings. The van der Waals surface area contributed by atoms with Crippen LogP contribution in [0.25, 0.3) is 10.2 Å². The molecule has 4 heterocycles. The van der Waals surface area contributed by atoms with E-state index in [4.69, 9.17) is 0 Å². The molecule has 128 valence electrons. The quantitative estimate of drug-likeness (QED) is 0.710. The van der Waals surface area contributed by atoms with Crippen LogP contribution >= 0.6 is 11.3 Å². The number of amides is 1. The van der Waals surface area contributed by atoms with Gasteiger partial charge in [-0.1, -0.05) is 0 Å². The lowest BCUT2D eigenvalue weighted by Crippen LogP contribution is -2.47. The topological polar surface area (TPSA) is 63.9 Å². The number of fused-ring (bicyclic) bond motifs is 3. The van der Waals surface area contributed by atoms with E-state index in [1.165, 1.54) is 0 Å². The van der Waals surface area contributed by atoms with Gasteiger partial charge in [0.25, 0.3) is 5.91 Å². The number of nitrogens with zero attached hydrogens (tertiary/aromatic N) is 5. The molecule has 6 nitrogen and oxygen atoms in total. The minimum Gasteiger partial charge on any atom is -0.333 e. The molecule has 0 spiro atoms. The highest BCUT2D eigenvalue weighted by Crippen LogP contribution is 2.41. The summed E-state index contributed by atoms with van der Waals surface area (Å²) in [7, 11) is 0. The van der Waals surface area contributed by atoms with Gasteiger partial charge in [-0.25, -0.2) is 4.98 Å². The fraction of sp³-hybridized carbons (Fsp3) is 0.444. The lowest BCUT2D eigenvalue weighted by atomic mass is 9.96. The van der Waals surface area contributed by atoms with Crippen molar-refractivity contribution in [2.75, 3.05) is 0 Å². The second kappa shape index (κ2) is 5.62. The number of aryl methyl sites for hydroxylation is 1. The van der Waals surface area contributed by atoms with Crippen molar-refractivity contribution in [1.29, 1.82) is 0 Å². The van der Waals surface area contributed by atoms with Crippen molar-refractivity contribution in [3.63, 3.8) is 0 Å². The van der Waals surface area contributed by atoms with Gasteiger partial charge in [0.05, 0.1) is 33.7 Å². The Balaban J connectivity index is 1.42. The summed E-state index contributed by atoms with van der Waals surface area (Å²) in [5, 5.41) is 9.63. The molecule has 0 radical (unpaired) electrons. The predicted molar refractivity (Wildman–Crippen MR) is 95.6 cm³/mol. The number of thiazole rings is 1. The highest BCUT2D eigenvalue weighted by Gasteiger charge is 2.44. The highest BCUT2D eigenvalue weighted by atomic mass is 32.1. The summed E-state index contributed by atoms with van der Waals surface area (Å²) in [6, 6.07) is 6.78. The molecule has 25 heavy (non-hydrogen) atoms. The van der Waals surface area contributed by atoms with Crippen molar-refractivity contribution in [3.8, 4) is 0 Å². The Kier molecular flexibility index (Phi) is 3.38. The Morgan fingerprint density at radius 2 is 1.84 bits per heavy atom. The Bertz CT molecular complexity index is 920. The van der Waals surface area contributed by atoms with E-state index < -0.39 is 0 Å². The van der Waals surface area contributed by atoms with Crippen molar-refractivity contribution >= 4 is 27.5 Å². The molecule has 1 amide bonds. The average Bonchev–Trinajstić information content (AvgIpc) is 3.31. The minimum atomic E-state index is 0.160. The molecule has 2 atom stereocenters. The maximum Gasteiger partial charge on any atom is 0.254 e. The first-order valence-electron chi connectivity index (χ1n) is 8.75. The van der Waals surface area contributed by atoms with E-state index in [9.17, 15) is 4.79 Å². The van der Waals surface area contributed by atoms with Gasteiger partial charge in [-0.05, 0) is 50.8 Å². The summed E-state index contributed by atoms with van der Waals surface area (Å²) in [5.41, 5.74) is 1.76. The van der Waals surface area contributed by atoms with Gasteiger partial charge in [0.2, 0.25) is 0 Å². The molecule has 0 saturated carbocycles. The minimum absolute atomic E-state index is 0.160. The van der Waals surface area contributed by atoms with Gasteiger partial charge >= 0.3 is 0 Å². The molecule has 2 bridgehead atoms. The van der Waals surface area contributed by atoms with Crippen molar-refractivity contribution < 1.29 is 4.79 Å². The lowest BCUT2D eigenvalue weighted by molar-refractivity contribution is 0.0512. The zero-order chi connectivity index (χ0) is 17.0. The summed E-state index contributed by atoms with van der Waals surface area (Å²) in [6.45, 7) is 2.00. The SMILES string of the molecule is Cc1nc2ccc(C(=O)N3C4CCC3CC(n3nccn3)C4)cc2s1. The van der Waals surface area contributed by atoms with Crippen molar-refractivity contribution in [3.05, 3.63) is 41.2 Å². The van der Waals surface area contributed by atoms with Crippen LogP contribution in [0.3, 0.4) is 0 Å². The summed E-state index contributed by atoms with van der Waals surface area (Å²) in [5.74, 6) is 0.160. The average molecular weight is 353 g/mol. The summed E-state index contributed by atoms with van der Waals surface area (Å²) in [6.07, 6.45) is 7.50. The molecule has 1 aromatic carbocycles. The first kappa shape index (κ1) is 15.0.